The molecule has 0 aliphatic carbocycles. The van der Waals surface area contributed by atoms with Crippen molar-refractivity contribution in [2.24, 2.45) is 0 Å². The van der Waals surface area contributed by atoms with Crippen molar-refractivity contribution in [2.75, 3.05) is 51.2 Å². The zero-order valence-electron chi connectivity index (χ0n) is 12.6. The van der Waals surface area contributed by atoms with Gasteiger partial charge in [0.25, 0.3) is 0 Å². The number of rotatable bonds is 5. The Hall–Kier alpha value is -1.39. The maximum Gasteiger partial charge on any atom is 0.228 e. The molecule has 0 atom stereocenters. The first-order valence-electron chi connectivity index (χ1n) is 7.47. The Morgan fingerprint density at radius 1 is 1.15 bits per heavy atom. The lowest BCUT2D eigenvalue weighted by molar-refractivity contribution is -0.119. The lowest BCUT2D eigenvalue weighted by Crippen LogP contribution is -2.45. The van der Waals surface area contributed by atoms with Gasteiger partial charge in [-0.05, 0) is 26.1 Å². The van der Waals surface area contributed by atoms with E-state index in [9.17, 15) is 4.79 Å². The van der Waals surface area contributed by atoms with E-state index in [0.717, 1.165) is 45.0 Å². The van der Waals surface area contributed by atoms with E-state index in [1.165, 1.54) is 0 Å². The molecule has 0 aromatic heterocycles. The van der Waals surface area contributed by atoms with Crippen LogP contribution < -0.4 is 4.90 Å². The summed E-state index contributed by atoms with van der Waals surface area (Å²) in [7, 11) is 2.15. The Kier molecular flexibility index (Phi) is 5.56. The summed E-state index contributed by atoms with van der Waals surface area (Å²) in [6.07, 6.45) is 0.604. The van der Waals surface area contributed by atoms with Crippen molar-refractivity contribution in [3.8, 4) is 0 Å². The number of amides is 1. The molecule has 0 saturated carbocycles. The van der Waals surface area contributed by atoms with Crippen LogP contribution in [0.25, 0.3) is 0 Å². The lowest BCUT2D eigenvalue weighted by Gasteiger charge is -2.32. The third-order valence-corrected chi connectivity index (χ3v) is 3.92. The van der Waals surface area contributed by atoms with E-state index < -0.39 is 0 Å². The van der Waals surface area contributed by atoms with Crippen LogP contribution in [0.3, 0.4) is 0 Å². The number of hydrogen-bond acceptors (Lipinski definition) is 3. The van der Waals surface area contributed by atoms with Gasteiger partial charge < -0.3 is 14.7 Å². The standard InChI is InChI=1S/C16H25N3O/c1-3-19(15-7-5-4-6-8-15)16(20)9-10-18-13-11-17(2)12-14-18/h4-8H,3,9-14H2,1-2H3. The van der Waals surface area contributed by atoms with Crippen LogP contribution in [-0.2, 0) is 4.79 Å². The van der Waals surface area contributed by atoms with Crippen LogP contribution in [0.15, 0.2) is 30.3 Å². The monoisotopic (exact) mass is 275 g/mol. The molecule has 20 heavy (non-hydrogen) atoms. The second-order valence-electron chi connectivity index (χ2n) is 5.37. The molecule has 1 aliphatic rings. The predicted octanol–water partition coefficient (Wildman–Crippen LogP) is 1.68. The number of para-hydroxylation sites is 1. The first-order chi connectivity index (χ1) is 9.70. The first-order valence-corrected chi connectivity index (χ1v) is 7.47. The lowest BCUT2D eigenvalue weighted by atomic mass is 10.2. The Morgan fingerprint density at radius 2 is 1.80 bits per heavy atom. The molecular formula is C16H25N3O. The average molecular weight is 275 g/mol. The van der Waals surface area contributed by atoms with Crippen molar-refractivity contribution >= 4 is 11.6 Å². The fraction of sp³-hybridized carbons (Fsp3) is 0.562. The van der Waals surface area contributed by atoms with Crippen LogP contribution in [0.1, 0.15) is 13.3 Å². The van der Waals surface area contributed by atoms with E-state index in [-0.39, 0.29) is 5.91 Å². The van der Waals surface area contributed by atoms with Crippen LogP contribution in [0.2, 0.25) is 0 Å². The van der Waals surface area contributed by atoms with Crippen molar-refractivity contribution in [3.63, 3.8) is 0 Å². The summed E-state index contributed by atoms with van der Waals surface area (Å²) in [6, 6.07) is 9.93. The van der Waals surface area contributed by atoms with E-state index in [0.29, 0.717) is 6.42 Å². The molecule has 1 fully saturated rings. The molecule has 4 heteroatoms. The molecule has 4 nitrogen and oxygen atoms in total. The van der Waals surface area contributed by atoms with Gasteiger partial charge in [-0.25, -0.2) is 0 Å². The Balaban J connectivity index is 1.84. The highest BCUT2D eigenvalue weighted by Gasteiger charge is 2.17. The molecule has 1 heterocycles. The largest absolute Gasteiger partial charge is 0.313 e. The number of carbonyl (C=O) groups excluding carboxylic acids is 1. The van der Waals surface area contributed by atoms with Gasteiger partial charge in [0, 0.05) is 51.4 Å². The maximum atomic E-state index is 12.4. The van der Waals surface area contributed by atoms with E-state index in [1.807, 2.05) is 42.2 Å². The number of likely N-dealkylation sites (N-methyl/N-ethyl adjacent to an activating group) is 1. The molecule has 0 spiro atoms. The molecule has 1 aromatic carbocycles. The molecule has 1 aliphatic heterocycles. The molecule has 1 amide bonds. The smallest absolute Gasteiger partial charge is 0.228 e. The van der Waals surface area contributed by atoms with Crippen molar-refractivity contribution in [3.05, 3.63) is 30.3 Å². The van der Waals surface area contributed by atoms with Crippen molar-refractivity contribution in [2.45, 2.75) is 13.3 Å². The number of nitrogens with zero attached hydrogens (tertiary/aromatic N) is 3. The van der Waals surface area contributed by atoms with Crippen molar-refractivity contribution in [1.29, 1.82) is 0 Å². The Bertz CT molecular complexity index is 413. The quantitative estimate of drug-likeness (QED) is 0.818. The third-order valence-electron chi connectivity index (χ3n) is 3.92. The van der Waals surface area contributed by atoms with Crippen molar-refractivity contribution in [1.82, 2.24) is 9.80 Å². The van der Waals surface area contributed by atoms with E-state index >= 15 is 0 Å². The summed E-state index contributed by atoms with van der Waals surface area (Å²) in [4.78, 5) is 19.0. The highest BCUT2D eigenvalue weighted by atomic mass is 16.2. The molecule has 0 N–H and O–H groups in total. The van der Waals surface area contributed by atoms with E-state index in [2.05, 4.69) is 16.8 Å². The molecule has 110 valence electrons. The predicted molar refractivity (Wildman–Crippen MR) is 83.0 cm³/mol. The van der Waals surface area contributed by atoms with Crippen LogP contribution in [-0.4, -0.2) is 62.0 Å². The highest BCUT2D eigenvalue weighted by Crippen LogP contribution is 2.14. The number of carbonyl (C=O) groups is 1. The molecule has 1 aromatic rings. The van der Waals surface area contributed by atoms with E-state index in [1.54, 1.807) is 0 Å². The second kappa shape index (κ2) is 7.41. The number of piperazine rings is 1. The zero-order valence-corrected chi connectivity index (χ0v) is 12.6. The molecule has 0 radical (unpaired) electrons. The average Bonchev–Trinajstić information content (AvgIpc) is 2.48. The van der Waals surface area contributed by atoms with Gasteiger partial charge in [0.15, 0.2) is 0 Å². The zero-order chi connectivity index (χ0) is 14.4. The summed E-state index contributed by atoms with van der Waals surface area (Å²) >= 11 is 0. The fourth-order valence-corrected chi connectivity index (χ4v) is 2.57. The molecule has 0 unspecified atom stereocenters. The minimum atomic E-state index is 0.220. The first kappa shape index (κ1) is 15.0. The minimum absolute atomic E-state index is 0.220. The Labute approximate surface area is 122 Å². The minimum Gasteiger partial charge on any atom is -0.313 e. The molecular weight excluding hydrogens is 250 g/mol. The van der Waals surface area contributed by atoms with Gasteiger partial charge in [0.2, 0.25) is 5.91 Å². The normalized spacial score (nSPS) is 17.1. The van der Waals surface area contributed by atoms with Crippen molar-refractivity contribution < 1.29 is 4.79 Å². The highest BCUT2D eigenvalue weighted by molar-refractivity contribution is 5.93. The van der Waals surface area contributed by atoms with Gasteiger partial charge in [-0.15, -0.1) is 0 Å². The summed E-state index contributed by atoms with van der Waals surface area (Å²) in [5.74, 6) is 0.220. The maximum absolute atomic E-state index is 12.4. The van der Waals surface area contributed by atoms with Gasteiger partial charge in [-0.3, -0.25) is 4.79 Å². The summed E-state index contributed by atoms with van der Waals surface area (Å²) in [5.41, 5.74) is 0.998. The molecule has 2 rings (SSSR count). The number of benzene rings is 1. The molecule has 1 saturated heterocycles. The van der Waals surface area contributed by atoms with E-state index in [4.69, 9.17) is 0 Å². The number of anilines is 1. The van der Waals surface area contributed by atoms with Gasteiger partial charge in [-0.2, -0.15) is 0 Å². The Morgan fingerprint density at radius 3 is 2.40 bits per heavy atom. The summed E-state index contributed by atoms with van der Waals surface area (Å²) in [5, 5.41) is 0. The topological polar surface area (TPSA) is 26.8 Å². The third kappa shape index (κ3) is 4.05. The molecule has 0 bridgehead atoms. The van der Waals surface area contributed by atoms with Gasteiger partial charge in [0.1, 0.15) is 0 Å². The SMILES string of the molecule is CCN(C(=O)CCN1CCN(C)CC1)c1ccccc1. The van der Waals surface area contributed by atoms with Gasteiger partial charge >= 0.3 is 0 Å². The van der Waals surface area contributed by atoms with Gasteiger partial charge in [0.05, 0.1) is 0 Å². The van der Waals surface area contributed by atoms with Crippen LogP contribution in [0.5, 0.6) is 0 Å². The second-order valence-corrected chi connectivity index (χ2v) is 5.37. The van der Waals surface area contributed by atoms with Crippen LogP contribution in [0, 0.1) is 0 Å². The number of hydrogen-bond donors (Lipinski definition) is 0. The fourth-order valence-electron chi connectivity index (χ4n) is 2.57. The summed E-state index contributed by atoms with van der Waals surface area (Å²) < 4.78 is 0. The van der Waals surface area contributed by atoms with Gasteiger partial charge in [-0.1, -0.05) is 18.2 Å². The van der Waals surface area contributed by atoms with Crippen LogP contribution >= 0.6 is 0 Å². The van der Waals surface area contributed by atoms with Crippen LogP contribution in [0.4, 0.5) is 5.69 Å². The summed E-state index contributed by atoms with van der Waals surface area (Å²) in [6.45, 7) is 7.97.